The van der Waals surface area contributed by atoms with Crippen LogP contribution in [-0.2, 0) is 0 Å². The second-order valence-electron chi connectivity index (χ2n) is 3.81. The van der Waals surface area contributed by atoms with Crippen LogP contribution in [0.3, 0.4) is 0 Å². The molecule has 0 fully saturated rings. The van der Waals surface area contributed by atoms with Gasteiger partial charge in [-0.15, -0.1) is 11.3 Å². The molecule has 0 saturated carbocycles. The minimum absolute atomic E-state index is 0.255. The molecule has 0 aliphatic rings. The summed E-state index contributed by atoms with van der Waals surface area (Å²) in [4.78, 5) is 9.45. The molecule has 0 unspecified atom stereocenters. The van der Waals surface area contributed by atoms with Crippen LogP contribution in [0, 0.1) is 11.6 Å². The largest absolute Gasteiger partial charge is 0.292 e. The van der Waals surface area contributed by atoms with E-state index in [1.807, 2.05) is 11.4 Å². The van der Waals surface area contributed by atoms with E-state index >= 15 is 0 Å². The summed E-state index contributed by atoms with van der Waals surface area (Å²) in [6.07, 6.45) is 0. The van der Waals surface area contributed by atoms with Crippen molar-refractivity contribution in [2.45, 2.75) is 9.92 Å². The van der Waals surface area contributed by atoms with Crippen molar-refractivity contribution in [2.24, 2.45) is 5.84 Å². The van der Waals surface area contributed by atoms with Crippen LogP contribution in [0.25, 0.3) is 10.2 Å². The molecule has 2 aromatic heterocycles. The van der Waals surface area contributed by atoms with E-state index in [1.165, 1.54) is 23.5 Å². The Labute approximate surface area is 121 Å². The Balaban J connectivity index is 2.07. The van der Waals surface area contributed by atoms with Crippen molar-refractivity contribution in [1.29, 1.82) is 0 Å². The van der Waals surface area contributed by atoms with E-state index in [4.69, 9.17) is 5.84 Å². The first-order valence-electron chi connectivity index (χ1n) is 5.52. The van der Waals surface area contributed by atoms with E-state index in [9.17, 15) is 8.78 Å². The molecular formula is C12H8F2N4S2. The molecule has 8 heteroatoms. The fraction of sp³-hybridized carbons (Fsp3) is 0. The van der Waals surface area contributed by atoms with Crippen molar-refractivity contribution in [3.05, 3.63) is 41.3 Å². The van der Waals surface area contributed by atoms with Gasteiger partial charge in [-0.3, -0.25) is 5.43 Å². The summed E-state index contributed by atoms with van der Waals surface area (Å²) in [5.74, 6) is 4.34. The number of benzene rings is 1. The van der Waals surface area contributed by atoms with Gasteiger partial charge in [-0.25, -0.2) is 24.6 Å². The van der Waals surface area contributed by atoms with Gasteiger partial charge in [-0.05, 0) is 23.6 Å². The number of halogens is 2. The van der Waals surface area contributed by atoms with Gasteiger partial charge in [-0.1, -0.05) is 11.8 Å². The summed E-state index contributed by atoms with van der Waals surface area (Å²) >= 11 is 2.54. The molecule has 1 aromatic carbocycles. The first-order chi connectivity index (χ1) is 9.67. The van der Waals surface area contributed by atoms with Gasteiger partial charge in [0.1, 0.15) is 21.5 Å². The first kappa shape index (κ1) is 13.2. The standard InChI is InChI=1S/C12H8F2N4S2/c13-6-1-2-9(8(14)5-6)20-11-7-3-4-19-10(7)16-12(17-11)18-15/h1-5H,15H2,(H,16,17,18). The van der Waals surface area contributed by atoms with Crippen molar-refractivity contribution in [1.82, 2.24) is 9.97 Å². The number of hydrogen-bond donors (Lipinski definition) is 2. The molecule has 3 N–H and O–H groups in total. The van der Waals surface area contributed by atoms with Gasteiger partial charge in [0.2, 0.25) is 5.95 Å². The van der Waals surface area contributed by atoms with E-state index in [2.05, 4.69) is 15.4 Å². The maximum Gasteiger partial charge on any atom is 0.239 e. The number of nitrogens with zero attached hydrogens (tertiary/aromatic N) is 2. The third-order valence-electron chi connectivity index (χ3n) is 2.52. The van der Waals surface area contributed by atoms with E-state index in [0.717, 1.165) is 28.0 Å². The number of fused-ring (bicyclic) bond motifs is 1. The number of thiophene rings is 1. The number of hydrogen-bond acceptors (Lipinski definition) is 6. The van der Waals surface area contributed by atoms with Gasteiger partial charge in [0, 0.05) is 16.3 Å². The maximum absolute atomic E-state index is 13.7. The van der Waals surface area contributed by atoms with Crippen LogP contribution in [0.2, 0.25) is 0 Å². The number of hydrazine groups is 1. The average Bonchev–Trinajstić information content (AvgIpc) is 2.90. The van der Waals surface area contributed by atoms with Gasteiger partial charge in [0.25, 0.3) is 0 Å². The number of nitrogen functional groups attached to an aromatic ring is 1. The van der Waals surface area contributed by atoms with Gasteiger partial charge in [0.15, 0.2) is 0 Å². The highest BCUT2D eigenvalue weighted by molar-refractivity contribution is 7.99. The van der Waals surface area contributed by atoms with Crippen molar-refractivity contribution >= 4 is 39.3 Å². The van der Waals surface area contributed by atoms with Crippen molar-refractivity contribution in [3.63, 3.8) is 0 Å². The summed E-state index contributed by atoms with van der Waals surface area (Å²) in [5.41, 5.74) is 2.38. The highest BCUT2D eigenvalue weighted by atomic mass is 32.2. The Morgan fingerprint density at radius 2 is 2.05 bits per heavy atom. The molecule has 0 bridgehead atoms. The molecule has 20 heavy (non-hydrogen) atoms. The van der Waals surface area contributed by atoms with Crippen molar-refractivity contribution < 1.29 is 8.78 Å². The maximum atomic E-state index is 13.7. The summed E-state index contributed by atoms with van der Waals surface area (Å²) in [6.45, 7) is 0. The normalized spacial score (nSPS) is 10.9. The Morgan fingerprint density at radius 1 is 1.20 bits per heavy atom. The van der Waals surface area contributed by atoms with Crippen molar-refractivity contribution in [2.75, 3.05) is 5.43 Å². The van der Waals surface area contributed by atoms with Crippen LogP contribution < -0.4 is 11.3 Å². The van der Waals surface area contributed by atoms with Crippen LogP contribution in [0.15, 0.2) is 39.6 Å². The van der Waals surface area contributed by atoms with Crippen LogP contribution in [0.4, 0.5) is 14.7 Å². The zero-order valence-electron chi connectivity index (χ0n) is 9.93. The zero-order chi connectivity index (χ0) is 14.1. The van der Waals surface area contributed by atoms with Gasteiger partial charge >= 0.3 is 0 Å². The lowest BCUT2D eigenvalue weighted by Crippen LogP contribution is -2.10. The number of aromatic nitrogens is 2. The second kappa shape index (κ2) is 5.31. The predicted molar refractivity (Wildman–Crippen MR) is 75.7 cm³/mol. The Kier molecular flexibility index (Phi) is 3.51. The molecule has 0 amide bonds. The molecular weight excluding hydrogens is 302 g/mol. The minimum atomic E-state index is -0.626. The monoisotopic (exact) mass is 310 g/mol. The van der Waals surface area contributed by atoms with E-state index in [-0.39, 0.29) is 5.95 Å². The topological polar surface area (TPSA) is 63.8 Å². The van der Waals surface area contributed by atoms with E-state index in [1.54, 1.807) is 0 Å². The number of anilines is 1. The summed E-state index contributed by atoms with van der Waals surface area (Å²) in [6, 6.07) is 5.28. The molecule has 0 atom stereocenters. The third kappa shape index (κ3) is 2.45. The molecule has 3 rings (SSSR count). The van der Waals surface area contributed by atoms with Crippen LogP contribution in [0.5, 0.6) is 0 Å². The highest BCUT2D eigenvalue weighted by Gasteiger charge is 2.12. The Hall–Kier alpha value is -1.77. The molecule has 102 valence electrons. The lowest BCUT2D eigenvalue weighted by Gasteiger charge is -2.06. The quantitative estimate of drug-likeness (QED) is 0.441. The lowest BCUT2D eigenvalue weighted by atomic mass is 10.3. The Bertz CT molecular complexity index is 775. The van der Waals surface area contributed by atoms with Crippen LogP contribution in [-0.4, -0.2) is 9.97 Å². The summed E-state index contributed by atoms with van der Waals surface area (Å²) in [5, 5.41) is 3.24. The average molecular weight is 310 g/mol. The molecule has 2 heterocycles. The molecule has 4 nitrogen and oxygen atoms in total. The second-order valence-corrected chi connectivity index (χ2v) is 5.74. The summed E-state index contributed by atoms with van der Waals surface area (Å²) in [7, 11) is 0. The number of nitrogens with two attached hydrogens (primary N) is 1. The van der Waals surface area contributed by atoms with Crippen LogP contribution in [0.1, 0.15) is 0 Å². The highest BCUT2D eigenvalue weighted by Crippen LogP contribution is 2.35. The van der Waals surface area contributed by atoms with E-state index in [0.29, 0.717) is 9.92 Å². The number of nitrogens with one attached hydrogen (secondary N) is 1. The number of rotatable bonds is 3. The molecule has 0 spiro atoms. The fourth-order valence-corrected chi connectivity index (χ4v) is 3.37. The zero-order valence-corrected chi connectivity index (χ0v) is 11.6. The molecule has 0 aliphatic carbocycles. The van der Waals surface area contributed by atoms with Crippen molar-refractivity contribution in [3.8, 4) is 0 Å². The fourth-order valence-electron chi connectivity index (χ4n) is 1.63. The summed E-state index contributed by atoms with van der Waals surface area (Å²) < 4.78 is 26.6. The molecule has 0 aliphatic heterocycles. The Morgan fingerprint density at radius 3 is 2.80 bits per heavy atom. The predicted octanol–water partition coefficient (Wildman–Crippen LogP) is 3.41. The first-order valence-corrected chi connectivity index (χ1v) is 7.22. The van der Waals surface area contributed by atoms with Gasteiger partial charge in [-0.2, -0.15) is 0 Å². The molecule has 0 radical (unpaired) electrons. The van der Waals surface area contributed by atoms with Gasteiger partial charge in [0.05, 0.1) is 0 Å². The smallest absolute Gasteiger partial charge is 0.239 e. The molecule has 0 saturated heterocycles. The lowest BCUT2D eigenvalue weighted by molar-refractivity contribution is 0.565. The third-order valence-corrected chi connectivity index (χ3v) is 4.38. The SMILES string of the molecule is NNc1nc(Sc2ccc(F)cc2F)c2ccsc2n1. The molecule has 3 aromatic rings. The van der Waals surface area contributed by atoms with Gasteiger partial charge < -0.3 is 0 Å². The minimum Gasteiger partial charge on any atom is -0.292 e. The van der Waals surface area contributed by atoms with E-state index < -0.39 is 11.6 Å². The van der Waals surface area contributed by atoms with Crippen LogP contribution >= 0.6 is 23.1 Å².